The third-order valence-corrected chi connectivity index (χ3v) is 6.95. The summed E-state index contributed by atoms with van der Waals surface area (Å²) < 4.78 is 25.1. The lowest BCUT2D eigenvalue weighted by Crippen LogP contribution is -2.48. The number of ether oxygens (including phenoxy) is 1. The molecular weight excluding hydrogens is 435 g/mol. The number of likely N-dealkylation sites (tertiary alicyclic amines) is 1. The molecule has 2 fully saturated rings. The molecule has 3 aromatic rings. The van der Waals surface area contributed by atoms with Crippen molar-refractivity contribution < 1.29 is 23.4 Å². The molecule has 0 radical (unpaired) electrons. The van der Waals surface area contributed by atoms with E-state index < -0.39 is 5.60 Å². The molecule has 2 aromatic carbocycles. The summed E-state index contributed by atoms with van der Waals surface area (Å²) in [7, 11) is 0. The average molecular weight is 467 g/mol. The van der Waals surface area contributed by atoms with Crippen LogP contribution in [0.5, 0.6) is 0 Å². The summed E-state index contributed by atoms with van der Waals surface area (Å²) >= 11 is 0. The molecule has 2 saturated heterocycles. The highest BCUT2D eigenvalue weighted by molar-refractivity contribution is 5.96. The van der Waals surface area contributed by atoms with Crippen LogP contribution in [0.25, 0.3) is 11.0 Å². The van der Waals surface area contributed by atoms with Crippen molar-refractivity contribution in [2.24, 2.45) is 0 Å². The molecule has 1 aromatic heterocycles. The number of morpholine rings is 1. The lowest BCUT2D eigenvalue weighted by Gasteiger charge is -2.38. The fourth-order valence-corrected chi connectivity index (χ4v) is 5.20. The minimum atomic E-state index is -0.941. The Kier molecular flexibility index (Phi) is 6.18. The number of benzene rings is 2. The van der Waals surface area contributed by atoms with Crippen LogP contribution >= 0.6 is 0 Å². The number of carbonyl (C=O) groups is 1. The Balaban J connectivity index is 1.28. The molecule has 6 nitrogen and oxygen atoms in total. The minimum absolute atomic E-state index is 0.00953. The van der Waals surface area contributed by atoms with Gasteiger partial charge in [-0.15, -0.1) is 0 Å². The number of aliphatic hydroxyl groups is 1. The first-order chi connectivity index (χ1) is 16.3. The monoisotopic (exact) mass is 466 g/mol. The Labute approximate surface area is 198 Å². The number of fused-ring (bicyclic) bond motifs is 1. The fraction of sp³-hybridized carbons (Fsp3) is 0.444. The van der Waals surface area contributed by atoms with Gasteiger partial charge < -0.3 is 19.2 Å². The van der Waals surface area contributed by atoms with Crippen molar-refractivity contribution in [1.29, 1.82) is 0 Å². The van der Waals surface area contributed by atoms with Gasteiger partial charge in [0.1, 0.15) is 11.4 Å². The normalized spacial score (nSPS) is 23.4. The molecule has 1 amide bonds. The number of furan rings is 1. The molecule has 2 aliphatic heterocycles. The van der Waals surface area contributed by atoms with Crippen LogP contribution in [0.4, 0.5) is 4.39 Å². The van der Waals surface area contributed by atoms with Crippen molar-refractivity contribution >= 4 is 16.9 Å². The Morgan fingerprint density at radius 2 is 1.82 bits per heavy atom. The van der Waals surface area contributed by atoms with Gasteiger partial charge in [-0.1, -0.05) is 18.2 Å². The minimum Gasteiger partial charge on any atom is -0.451 e. The van der Waals surface area contributed by atoms with E-state index in [0.29, 0.717) is 56.9 Å². The van der Waals surface area contributed by atoms with E-state index in [1.54, 1.807) is 23.1 Å². The van der Waals surface area contributed by atoms with Crippen LogP contribution in [0.1, 0.15) is 48.4 Å². The van der Waals surface area contributed by atoms with Crippen molar-refractivity contribution in [3.05, 3.63) is 71.2 Å². The molecule has 2 aliphatic rings. The standard InChI is InChI=1S/C27H31FN2O4/c1-18-15-30(16-19(2)33-18)26(31)25-14-21-13-22(6-7-24(21)34-25)27(32)8-10-29(11-9-27)17-20-4-3-5-23(28)12-20/h3-7,12-14,18-19,32H,8-11,15-17H2,1-2H3/t18-,19+. The second-order valence-corrected chi connectivity index (χ2v) is 9.77. The van der Waals surface area contributed by atoms with Gasteiger partial charge in [0.25, 0.3) is 5.91 Å². The summed E-state index contributed by atoms with van der Waals surface area (Å²) in [5, 5.41) is 12.2. The Bertz CT molecular complexity index is 1170. The van der Waals surface area contributed by atoms with Crippen molar-refractivity contribution in [1.82, 2.24) is 9.80 Å². The molecule has 0 aliphatic carbocycles. The van der Waals surface area contributed by atoms with Gasteiger partial charge in [-0.05, 0) is 68.1 Å². The number of amides is 1. The highest BCUT2D eigenvalue weighted by Gasteiger charge is 2.34. The zero-order valence-electron chi connectivity index (χ0n) is 19.7. The molecule has 0 saturated carbocycles. The quantitative estimate of drug-likeness (QED) is 0.621. The van der Waals surface area contributed by atoms with E-state index in [2.05, 4.69) is 4.90 Å². The van der Waals surface area contributed by atoms with Crippen molar-refractivity contribution in [3.63, 3.8) is 0 Å². The lowest BCUT2D eigenvalue weighted by atomic mass is 9.84. The van der Waals surface area contributed by atoms with Crippen molar-refractivity contribution in [3.8, 4) is 0 Å². The molecule has 180 valence electrons. The van der Waals surface area contributed by atoms with E-state index in [4.69, 9.17) is 9.15 Å². The Morgan fingerprint density at radius 1 is 1.09 bits per heavy atom. The second-order valence-electron chi connectivity index (χ2n) is 9.77. The van der Waals surface area contributed by atoms with E-state index in [0.717, 1.165) is 16.5 Å². The van der Waals surface area contributed by atoms with Crippen LogP contribution in [0.15, 0.2) is 52.9 Å². The van der Waals surface area contributed by atoms with Gasteiger partial charge in [0, 0.05) is 38.1 Å². The number of rotatable bonds is 4. The van der Waals surface area contributed by atoms with E-state index >= 15 is 0 Å². The summed E-state index contributed by atoms with van der Waals surface area (Å²) in [5.41, 5.74) is 1.46. The number of carbonyl (C=O) groups excluding carboxylic acids is 1. The zero-order chi connectivity index (χ0) is 23.9. The molecular formula is C27H31FN2O4. The van der Waals surface area contributed by atoms with Crippen LogP contribution in [-0.2, 0) is 16.9 Å². The van der Waals surface area contributed by atoms with Crippen molar-refractivity contribution in [2.75, 3.05) is 26.2 Å². The molecule has 34 heavy (non-hydrogen) atoms. The second kappa shape index (κ2) is 9.13. The van der Waals surface area contributed by atoms with E-state index in [1.807, 2.05) is 38.1 Å². The van der Waals surface area contributed by atoms with E-state index in [9.17, 15) is 14.3 Å². The number of hydrogen-bond donors (Lipinski definition) is 1. The van der Waals surface area contributed by atoms with Crippen LogP contribution in [-0.4, -0.2) is 59.2 Å². The number of halogens is 1. The van der Waals surface area contributed by atoms with E-state index in [1.165, 1.54) is 6.07 Å². The summed E-state index contributed by atoms with van der Waals surface area (Å²) in [6, 6.07) is 14.1. The summed E-state index contributed by atoms with van der Waals surface area (Å²) in [4.78, 5) is 17.0. The zero-order valence-corrected chi connectivity index (χ0v) is 19.7. The molecule has 5 rings (SSSR count). The van der Waals surface area contributed by atoms with Gasteiger partial charge in [0.2, 0.25) is 0 Å². The third-order valence-electron chi connectivity index (χ3n) is 6.95. The van der Waals surface area contributed by atoms with Crippen LogP contribution < -0.4 is 0 Å². The molecule has 1 N–H and O–H groups in total. The van der Waals surface area contributed by atoms with Crippen molar-refractivity contribution in [2.45, 2.75) is 51.0 Å². The largest absolute Gasteiger partial charge is 0.451 e. The number of nitrogens with zero attached hydrogens (tertiary/aromatic N) is 2. The van der Waals surface area contributed by atoms with Gasteiger partial charge in [-0.3, -0.25) is 9.69 Å². The molecule has 0 unspecified atom stereocenters. The molecule has 0 spiro atoms. The molecule has 7 heteroatoms. The predicted molar refractivity (Wildman–Crippen MR) is 127 cm³/mol. The van der Waals surface area contributed by atoms with E-state index in [-0.39, 0.29) is 23.9 Å². The first-order valence-corrected chi connectivity index (χ1v) is 12.0. The third kappa shape index (κ3) is 4.73. The first kappa shape index (κ1) is 23.0. The maximum atomic E-state index is 13.5. The fourth-order valence-electron chi connectivity index (χ4n) is 5.20. The predicted octanol–water partition coefficient (Wildman–Crippen LogP) is 4.30. The molecule has 3 heterocycles. The molecule has 0 bridgehead atoms. The number of hydrogen-bond acceptors (Lipinski definition) is 5. The topological polar surface area (TPSA) is 66.2 Å². The van der Waals surface area contributed by atoms with Gasteiger partial charge in [0.15, 0.2) is 5.76 Å². The summed E-state index contributed by atoms with van der Waals surface area (Å²) in [5.74, 6) is -0.0515. The maximum absolute atomic E-state index is 13.5. The van der Waals surface area contributed by atoms with Crippen LogP contribution in [0.3, 0.4) is 0 Å². The first-order valence-electron chi connectivity index (χ1n) is 12.0. The molecule has 2 atom stereocenters. The van der Waals surface area contributed by atoms with Gasteiger partial charge >= 0.3 is 0 Å². The highest BCUT2D eigenvalue weighted by atomic mass is 19.1. The van der Waals surface area contributed by atoms with Crippen LogP contribution in [0, 0.1) is 5.82 Å². The summed E-state index contributed by atoms with van der Waals surface area (Å²) in [6.45, 7) is 7.10. The Hall–Kier alpha value is -2.74. The maximum Gasteiger partial charge on any atom is 0.289 e. The van der Waals surface area contributed by atoms with Gasteiger partial charge in [0.05, 0.1) is 17.8 Å². The smallest absolute Gasteiger partial charge is 0.289 e. The lowest BCUT2D eigenvalue weighted by molar-refractivity contribution is -0.0591. The SMILES string of the molecule is C[C@@H]1CN(C(=O)c2cc3cc(C4(O)CCN(Cc5cccc(F)c5)CC4)ccc3o2)C[C@H](C)O1. The average Bonchev–Trinajstić information content (AvgIpc) is 3.23. The number of piperidine rings is 1. The van der Waals surface area contributed by atoms with Gasteiger partial charge in [-0.2, -0.15) is 0 Å². The van der Waals surface area contributed by atoms with Gasteiger partial charge in [-0.25, -0.2) is 4.39 Å². The Morgan fingerprint density at radius 3 is 2.53 bits per heavy atom. The summed E-state index contributed by atoms with van der Waals surface area (Å²) in [6.07, 6.45) is 1.15. The highest BCUT2D eigenvalue weighted by Crippen LogP contribution is 2.35. The van der Waals surface area contributed by atoms with Crippen LogP contribution in [0.2, 0.25) is 0 Å².